The Morgan fingerprint density at radius 2 is 1.66 bits per heavy atom. The summed E-state index contributed by atoms with van der Waals surface area (Å²) in [4.78, 5) is 30.4. The molecule has 2 aromatic carbocycles. The van der Waals surface area contributed by atoms with Crippen molar-refractivity contribution in [3.05, 3.63) is 59.8 Å². The molecule has 168 valence electrons. The molecule has 2 aliphatic rings. The van der Waals surface area contributed by atoms with Crippen molar-refractivity contribution in [1.29, 1.82) is 0 Å². The van der Waals surface area contributed by atoms with Crippen LogP contribution in [0.3, 0.4) is 0 Å². The second-order valence-corrected chi connectivity index (χ2v) is 8.17. The third-order valence-corrected chi connectivity index (χ3v) is 5.44. The first-order chi connectivity index (χ1) is 15.5. The van der Waals surface area contributed by atoms with Crippen LogP contribution < -0.4 is 14.4 Å². The average molecular weight is 437 g/mol. The summed E-state index contributed by atoms with van der Waals surface area (Å²) in [6, 6.07) is 14.4. The van der Waals surface area contributed by atoms with Crippen LogP contribution in [-0.4, -0.2) is 56.7 Å². The normalized spacial score (nSPS) is 16.9. The summed E-state index contributed by atoms with van der Waals surface area (Å²) in [5.74, 6) is 0.894. The number of anilines is 1. The number of imide groups is 1. The molecule has 2 heterocycles. The van der Waals surface area contributed by atoms with Crippen LogP contribution >= 0.6 is 0 Å². The lowest BCUT2D eigenvalue weighted by Crippen LogP contribution is -2.40. The molecule has 1 fully saturated rings. The highest BCUT2D eigenvalue weighted by molar-refractivity contribution is 6.45. The molecule has 0 aromatic heterocycles. The fourth-order valence-corrected chi connectivity index (χ4v) is 3.87. The van der Waals surface area contributed by atoms with Crippen molar-refractivity contribution in [2.45, 2.75) is 13.8 Å². The van der Waals surface area contributed by atoms with Gasteiger partial charge in [0.25, 0.3) is 11.8 Å². The van der Waals surface area contributed by atoms with Gasteiger partial charge in [-0.3, -0.25) is 9.59 Å². The number of ether oxygens (including phenoxy) is 3. The molecular weight excluding hydrogens is 408 g/mol. The van der Waals surface area contributed by atoms with Crippen molar-refractivity contribution in [3.8, 4) is 11.5 Å². The number of nitrogens with zero attached hydrogens (tertiary/aromatic N) is 2. The van der Waals surface area contributed by atoms with E-state index in [4.69, 9.17) is 14.2 Å². The Hall–Kier alpha value is -3.32. The van der Waals surface area contributed by atoms with Crippen LogP contribution in [-0.2, 0) is 14.3 Å². The summed E-state index contributed by atoms with van der Waals surface area (Å²) in [5, 5.41) is 0. The topological polar surface area (TPSA) is 68.3 Å². The number of benzene rings is 2. The first-order valence-electron chi connectivity index (χ1n) is 10.8. The zero-order valence-electron chi connectivity index (χ0n) is 18.7. The minimum absolute atomic E-state index is 0.350. The molecule has 2 aromatic rings. The summed E-state index contributed by atoms with van der Waals surface area (Å²) in [7, 11) is 1.52. The van der Waals surface area contributed by atoms with E-state index in [1.165, 1.54) is 12.0 Å². The van der Waals surface area contributed by atoms with E-state index in [1.54, 1.807) is 24.3 Å². The Morgan fingerprint density at radius 1 is 0.969 bits per heavy atom. The average Bonchev–Trinajstić information content (AvgIpc) is 3.08. The van der Waals surface area contributed by atoms with Gasteiger partial charge in [-0.15, -0.1) is 0 Å². The molecule has 0 aliphatic carbocycles. The standard InChI is InChI=1S/C25H28N2O5/c1-17(2)16-32-19-10-8-18(9-11-19)22-23(26-12-14-31-15-13-26)25(29)27(24(22)28)20-6-4-5-7-21(20)30-3/h4-11,17H,12-16H2,1-3H3. The maximum absolute atomic E-state index is 13.6. The van der Waals surface area contributed by atoms with E-state index in [2.05, 4.69) is 13.8 Å². The molecule has 0 saturated carbocycles. The van der Waals surface area contributed by atoms with E-state index in [0.29, 0.717) is 67.1 Å². The minimum atomic E-state index is -0.364. The lowest BCUT2D eigenvalue weighted by atomic mass is 10.0. The van der Waals surface area contributed by atoms with E-state index in [0.717, 1.165) is 5.75 Å². The number of morpholine rings is 1. The number of amides is 2. The predicted molar refractivity (Wildman–Crippen MR) is 122 cm³/mol. The summed E-state index contributed by atoms with van der Waals surface area (Å²) < 4.78 is 16.7. The van der Waals surface area contributed by atoms with Crippen molar-refractivity contribution < 1.29 is 23.8 Å². The second-order valence-electron chi connectivity index (χ2n) is 8.17. The van der Waals surface area contributed by atoms with Gasteiger partial charge in [-0.2, -0.15) is 0 Å². The fourth-order valence-electron chi connectivity index (χ4n) is 3.87. The molecule has 0 spiro atoms. The molecule has 0 bridgehead atoms. The highest BCUT2D eigenvalue weighted by atomic mass is 16.5. The predicted octanol–water partition coefficient (Wildman–Crippen LogP) is 3.35. The summed E-state index contributed by atoms with van der Waals surface area (Å²) in [6.45, 7) is 6.90. The smallest absolute Gasteiger partial charge is 0.282 e. The van der Waals surface area contributed by atoms with E-state index in [1.807, 2.05) is 29.2 Å². The Balaban J connectivity index is 1.74. The van der Waals surface area contributed by atoms with Crippen LogP contribution in [0.25, 0.3) is 5.57 Å². The number of para-hydroxylation sites is 2. The molecule has 7 nitrogen and oxygen atoms in total. The Kier molecular flexibility index (Phi) is 6.46. The Labute approximate surface area is 188 Å². The van der Waals surface area contributed by atoms with E-state index < -0.39 is 0 Å². The number of hydrogen-bond donors (Lipinski definition) is 0. The van der Waals surface area contributed by atoms with Gasteiger partial charge in [0.1, 0.15) is 17.2 Å². The van der Waals surface area contributed by atoms with Crippen LogP contribution in [0.5, 0.6) is 11.5 Å². The lowest BCUT2D eigenvalue weighted by Gasteiger charge is -2.29. The maximum Gasteiger partial charge on any atom is 0.282 e. The van der Waals surface area contributed by atoms with Gasteiger partial charge in [-0.25, -0.2) is 4.90 Å². The van der Waals surface area contributed by atoms with Gasteiger partial charge in [0.05, 0.1) is 38.2 Å². The number of carbonyl (C=O) groups excluding carboxylic acids is 2. The monoisotopic (exact) mass is 436 g/mol. The summed E-state index contributed by atoms with van der Waals surface area (Å²) >= 11 is 0. The first-order valence-corrected chi connectivity index (χ1v) is 10.8. The Morgan fingerprint density at radius 3 is 2.31 bits per heavy atom. The zero-order valence-corrected chi connectivity index (χ0v) is 18.7. The highest BCUT2D eigenvalue weighted by Crippen LogP contribution is 2.39. The number of rotatable bonds is 7. The van der Waals surface area contributed by atoms with Crippen molar-refractivity contribution in [2.75, 3.05) is 44.9 Å². The zero-order chi connectivity index (χ0) is 22.7. The van der Waals surface area contributed by atoms with Gasteiger partial charge in [0, 0.05) is 13.1 Å². The van der Waals surface area contributed by atoms with Gasteiger partial charge in [-0.05, 0) is 35.7 Å². The highest BCUT2D eigenvalue weighted by Gasteiger charge is 2.43. The number of carbonyl (C=O) groups is 2. The molecule has 2 amide bonds. The first kappa shape index (κ1) is 21.9. The molecule has 32 heavy (non-hydrogen) atoms. The molecule has 4 rings (SSSR count). The van der Waals surface area contributed by atoms with E-state index in [9.17, 15) is 9.59 Å². The summed E-state index contributed by atoms with van der Waals surface area (Å²) in [5.41, 5.74) is 1.90. The number of methoxy groups -OCH3 is 1. The van der Waals surface area contributed by atoms with Gasteiger partial charge in [0.15, 0.2) is 0 Å². The van der Waals surface area contributed by atoms with Gasteiger partial charge >= 0.3 is 0 Å². The van der Waals surface area contributed by atoms with Crippen molar-refractivity contribution in [1.82, 2.24) is 4.90 Å². The van der Waals surface area contributed by atoms with Crippen LogP contribution in [0, 0.1) is 5.92 Å². The van der Waals surface area contributed by atoms with Crippen molar-refractivity contribution in [3.63, 3.8) is 0 Å². The molecule has 7 heteroatoms. The molecule has 0 N–H and O–H groups in total. The van der Waals surface area contributed by atoms with E-state index >= 15 is 0 Å². The Bertz CT molecular complexity index is 1020. The molecule has 0 atom stereocenters. The maximum atomic E-state index is 13.6. The SMILES string of the molecule is COc1ccccc1N1C(=O)C(c2ccc(OCC(C)C)cc2)=C(N2CCOCC2)C1=O. The van der Waals surface area contributed by atoms with Crippen molar-refractivity contribution in [2.24, 2.45) is 5.92 Å². The molecular formula is C25H28N2O5. The fraction of sp³-hybridized carbons (Fsp3) is 0.360. The second kappa shape index (κ2) is 9.44. The van der Waals surface area contributed by atoms with Gasteiger partial charge in [0.2, 0.25) is 0 Å². The molecule has 2 aliphatic heterocycles. The van der Waals surface area contributed by atoms with Gasteiger partial charge < -0.3 is 19.1 Å². The third kappa shape index (κ3) is 4.21. The van der Waals surface area contributed by atoms with Crippen LogP contribution in [0.4, 0.5) is 5.69 Å². The molecule has 0 radical (unpaired) electrons. The van der Waals surface area contributed by atoms with Crippen LogP contribution in [0.15, 0.2) is 54.2 Å². The number of hydrogen-bond acceptors (Lipinski definition) is 6. The van der Waals surface area contributed by atoms with Crippen LogP contribution in [0.2, 0.25) is 0 Å². The van der Waals surface area contributed by atoms with Crippen LogP contribution in [0.1, 0.15) is 19.4 Å². The molecule has 0 unspecified atom stereocenters. The lowest BCUT2D eigenvalue weighted by molar-refractivity contribution is -0.121. The third-order valence-electron chi connectivity index (χ3n) is 5.44. The summed E-state index contributed by atoms with van der Waals surface area (Å²) in [6.07, 6.45) is 0. The largest absolute Gasteiger partial charge is 0.495 e. The van der Waals surface area contributed by atoms with Gasteiger partial charge in [-0.1, -0.05) is 38.1 Å². The van der Waals surface area contributed by atoms with E-state index in [-0.39, 0.29) is 11.8 Å². The quantitative estimate of drug-likeness (QED) is 0.620. The minimum Gasteiger partial charge on any atom is -0.495 e. The molecule has 1 saturated heterocycles. The van der Waals surface area contributed by atoms with Crippen molar-refractivity contribution >= 4 is 23.1 Å².